The van der Waals surface area contributed by atoms with Crippen LogP contribution in [0.5, 0.6) is 0 Å². The Morgan fingerprint density at radius 3 is 2.88 bits per heavy atom. The predicted octanol–water partition coefficient (Wildman–Crippen LogP) is 1.86. The molecule has 0 fully saturated rings. The molecule has 2 heterocycles. The Kier molecular flexibility index (Phi) is 3.04. The Labute approximate surface area is 96.1 Å². The number of ether oxygens (including phenoxy) is 1. The zero-order chi connectivity index (χ0) is 11.5. The minimum atomic E-state index is 0.939. The predicted molar refractivity (Wildman–Crippen MR) is 64.6 cm³/mol. The third-order valence-corrected chi connectivity index (χ3v) is 2.75. The quantitative estimate of drug-likeness (QED) is 0.706. The summed E-state index contributed by atoms with van der Waals surface area (Å²) in [6.45, 7) is 3.00. The molecule has 3 heteroatoms. The second-order valence-corrected chi connectivity index (χ2v) is 4.06. The van der Waals surface area contributed by atoms with Gasteiger partial charge in [-0.05, 0) is 19.1 Å². The van der Waals surface area contributed by atoms with E-state index in [9.17, 15) is 0 Å². The van der Waals surface area contributed by atoms with Crippen LogP contribution in [0.1, 0.15) is 17.8 Å². The minimum absolute atomic E-state index is 0.939. The standard InChI is InChI=1S/C13H17N2O/c1-10-5-4-6-12(14-10)11-9-15(2)8-7-13(11)16-3/h4-6,9H,7-8H2,1-3H3/q+1. The van der Waals surface area contributed by atoms with Crippen LogP contribution in [0.15, 0.2) is 24.0 Å². The van der Waals surface area contributed by atoms with Gasteiger partial charge in [-0.1, -0.05) is 6.07 Å². The summed E-state index contributed by atoms with van der Waals surface area (Å²) in [6, 6.07) is 6.06. The minimum Gasteiger partial charge on any atom is -0.500 e. The first kappa shape index (κ1) is 10.9. The molecule has 0 radical (unpaired) electrons. The zero-order valence-corrected chi connectivity index (χ0v) is 10.0. The summed E-state index contributed by atoms with van der Waals surface area (Å²) >= 11 is 0. The molecule has 0 saturated heterocycles. The van der Waals surface area contributed by atoms with Crippen LogP contribution < -0.4 is 0 Å². The Hall–Kier alpha value is -1.64. The van der Waals surface area contributed by atoms with Crippen molar-refractivity contribution < 1.29 is 9.31 Å². The fourth-order valence-electron chi connectivity index (χ4n) is 1.88. The fourth-order valence-corrected chi connectivity index (χ4v) is 1.88. The van der Waals surface area contributed by atoms with E-state index in [0.717, 1.165) is 35.7 Å². The highest BCUT2D eigenvalue weighted by Gasteiger charge is 2.19. The maximum Gasteiger partial charge on any atom is 0.176 e. The van der Waals surface area contributed by atoms with E-state index in [1.807, 2.05) is 25.1 Å². The van der Waals surface area contributed by atoms with Gasteiger partial charge in [-0.25, -0.2) is 4.58 Å². The molecular weight excluding hydrogens is 200 g/mol. The number of pyridine rings is 1. The molecule has 84 valence electrons. The van der Waals surface area contributed by atoms with E-state index in [0.29, 0.717) is 0 Å². The van der Waals surface area contributed by atoms with Crippen molar-refractivity contribution in [3.8, 4) is 0 Å². The molecule has 16 heavy (non-hydrogen) atoms. The number of allylic oxidation sites excluding steroid dienone is 1. The van der Waals surface area contributed by atoms with Crippen molar-refractivity contribution in [2.45, 2.75) is 13.3 Å². The van der Waals surface area contributed by atoms with E-state index in [1.54, 1.807) is 7.11 Å². The largest absolute Gasteiger partial charge is 0.500 e. The number of hydrogen-bond acceptors (Lipinski definition) is 2. The van der Waals surface area contributed by atoms with E-state index in [2.05, 4.69) is 22.8 Å². The van der Waals surface area contributed by atoms with E-state index in [4.69, 9.17) is 4.74 Å². The number of methoxy groups -OCH3 is 1. The summed E-state index contributed by atoms with van der Waals surface area (Å²) in [5, 5.41) is 0. The first-order chi connectivity index (χ1) is 7.70. The topological polar surface area (TPSA) is 25.1 Å². The van der Waals surface area contributed by atoms with Gasteiger partial charge in [0.1, 0.15) is 24.9 Å². The van der Waals surface area contributed by atoms with Gasteiger partial charge in [0.25, 0.3) is 0 Å². The summed E-state index contributed by atoms with van der Waals surface area (Å²) in [5.41, 5.74) is 3.12. The molecule has 0 N–H and O–H groups in total. The van der Waals surface area contributed by atoms with Gasteiger partial charge in [0, 0.05) is 5.69 Å². The van der Waals surface area contributed by atoms with Crippen LogP contribution in [0.4, 0.5) is 0 Å². The highest BCUT2D eigenvalue weighted by Crippen LogP contribution is 2.21. The van der Waals surface area contributed by atoms with E-state index >= 15 is 0 Å². The molecule has 1 aliphatic heterocycles. The molecule has 0 bridgehead atoms. The average Bonchev–Trinajstić information content (AvgIpc) is 2.29. The molecule has 2 rings (SSSR count). The molecule has 0 amide bonds. The molecule has 3 nitrogen and oxygen atoms in total. The second-order valence-electron chi connectivity index (χ2n) is 4.06. The lowest BCUT2D eigenvalue weighted by Gasteiger charge is -2.13. The van der Waals surface area contributed by atoms with Gasteiger partial charge >= 0.3 is 0 Å². The number of nitrogens with zero attached hydrogens (tertiary/aromatic N) is 2. The fraction of sp³-hybridized carbons (Fsp3) is 0.385. The van der Waals surface area contributed by atoms with Gasteiger partial charge in [-0.15, -0.1) is 0 Å². The van der Waals surface area contributed by atoms with Crippen molar-refractivity contribution >= 4 is 11.8 Å². The molecule has 0 saturated carbocycles. The Bertz CT molecular complexity index is 461. The molecule has 1 aromatic heterocycles. The monoisotopic (exact) mass is 217 g/mol. The lowest BCUT2D eigenvalue weighted by atomic mass is 10.1. The van der Waals surface area contributed by atoms with Gasteiger partial charge in [0.05, 0.1) is 19.2 Å². The molecule has 0 unspecified atom stereocenters. The Balaban J connectivity index is 2.48. The van der Waals surface area contributed by atoms with Gasteiger partial charge in [0.2, 0.25) is 0 Å². The highest BCUT2D eigenvalue weighted by molar-refractivity contribution is 6.07. The van der Waals surface area contributed by atoms with Gasteiger partial charge in [-0.2, -0.15) is 0 Å². The second kappa shape index (κ2) is 4.47. The smallest absolute Gasteiger partial charge is 0.176 e. The molecular formula is C13H17N2O+. The zero-order valence-electron chi connectivity index (χ0n) is 10.0. The maximum atomic E-state index is 5.43. The average molecular weight is 217 g/mol. The number of rotatable bonds is 2. The van der Waals surface area contributed by atoms with Crippen molar-refractivity contribution in [1.82, 2.24) is 4.98 Å². The van der Waals surface area contributed by atoms with Crippen molar-refractivity contribution in [3.63, 3.8) is 0 Å². The number of hydrogen-bond donors (Lipinski definition) is 0. The van der Waals surface area contributed by atoms with Gasteiger partial charge in [0.15, 0.2) is 6.21 Å². The van der Waals surface area contributed by atoms with E-state index in [-0.39, 0.29) is 0 Å². The van der Waals surface area contributed by atoms with Crippen molar-refractivity contribution in [2.24, 2.45) is 0 Å². The SMILES string of the molecule is COC1=C(c2cccc(C)n2)C=[N+](C)CC1. The molecule has 0 aliphatic carbocycles. The summed E-state index contributed by atoms with van der Waals surface area (Å²) in [7, 11) is 3.80. The van der Waals surface area contributed by atoms with Crippen LogP contribution in [0.25, 0.3) is 5.57 Å². The Morgan fingerprint density at radius 1 is 1.38 bits per heavy atom. The van der Waals surface area contributed by atoms with Crippen molar-refractivity contribution in [3.05, 3.63) is 35.3 Å². The first-order valence-corrected chi connectivity index (χ1v) is 5.47. The number of aromatic nitrogens is 1. The third-order valence-electron chi connectivity index (χ3n) is 2.75. The first-order valence-electron chi connectivity index (χ1n) is 5.47. The van der Waals surface area contributed by atoms with Crippen LogP contribution in [0, 0.1) is 6.92 Å². The van der Waals surface area contributed by atoms with E-state index < -0.39 is 0 Å². The normalized spacial score (nSPS) is 16.1. The van der Waals surface area contributed by atoms with Crippen LogP contribution in [-0.4, -0.2) is 36.5 Å². The number of aryl methyl sites for hydroxylation is 1. The van der Waals surface area contributed by atoms with Crippen molar-refractivity contribution in [1.29, 1.82) is 0 Å². The van der Waals surface area contributed by atoms with Crippen LogP contribution >= 0.6 is 0 Å². The lowest BCUT2D eigenvalue weighted by molar-refractivity contribution is -0.492. The molecule has 0 spiro atoms. The molecule has 0 atom stereocenters. The molecule has 0 aromatic carbocycles. The Morgan fingerprint density at radius 2 is 2.19 bits per heavy atom. The van der Waals surface area contributed by atoms with Crippen LogP contribution in [-0.2, 0) is 4.74 Å². The van der Waals surface area contributed by atoms with Crippen LogP contribution in [0.2, 0.25) is 0 Å². The molecule has 1 aromatic rings. The maximum absolute atomic E-state index is 5.43. The summed E-state index contributed by atoms with van der Waals surface area (Å²) < 4.78 is 7.60. The van der Waals surface area contributed by atoms with E-state index in [1.165, 1.54) is 0 Å². The third kappa shape index (κ3) is 2.13. The van der Waals surface area contributed by atoms with Crippen LogP contribution in [0.3, 0.4) is 0 Å². The van der Waals surface area contributed by atoms with Gasteiger partial charge in [-0.3, -0.25) is 4.98 Å². The highest BCUT2D eigenvalue weighted by atomic mass is 16.5. The summed E-state index contributed by atoms with van der Waals surface area (Å²) in [6.07, 6.45) is 3.04. The lowest BCUT2D eigenvalue weighted by Crippen LogP contribution is -2.18. The van der Waals surface area contributed by atoms with Gasteiger partial charge < -0.3 is 4.74 Å². The summed E-state index contributed by atoms with van der Waals surface area (Å²) in [4.78, 5) is 4.53. The van der Waals surface area contributed by atoms with Crippen molar-refractivity contribution in [2.75, 3.05) is 20.7 Å². The summed E-state index contributed by atoms with van der Waals surface area (Å²) in [5.74, 6) is 1.02. The molecule has 1 aliphatic rings.